The highest BCUT2D eigenvalue weighted by Gasteiger charge is 2.14. The van der Waals surface area contributed by atoms with Crippen molar-refractivity contribution in [3.8, 4) is 11.5 Å². The molecule has 0 aliphatic heterocycles. The molecule has 1 atom stereocenters. The molecule has 0 radical (unpaired) electrons. The number of aromatic nitrogens is 1. The lowest BCUT2D eigenvalue weighted by Crippen LogP contribution is -2.26. The summed E-state index contributed by atoms with van der Waals surface area (Å²) in [6, 6.07) is 9.01. The Hall–Kier alpha value is -2.25. The zero-order chi connectivity index (χ0) is 18.2. The van der Waals surface area contributed by atoms with Crippen molar-refractivity contribution in [1.82, 2.24) is 10.4 Å². The molecule has 1 unspecified atom stereocenters. The molecule has 1 N–H and O–H groups in total. The van der Waals surface area contributed by atoms with Crippen LogP contribution in [0.15, 0.2) is 46.5 Å². The second-order valence-electron chi connectivity index (χ2n) is 4.92. The summed E-state index contributed by atoms with van der Waals surface area (Å²) < 4.78 is 10.3. The van der Waals surface area contributed by atoms with Crippen molar-refractivity contribution in [2.45, 2.75) is 17.1 Å². The number of nitrogens with one attached hydrogen (secondary N) is 1. The average Bonchev–Trinajstić information content (AvgIpc) is 2.61. The number of methoxy groups -OCH3 is 2. The van der Waals surface area contributed by atoms with E-state index in [1.54, 1.807) is 19.1 Å². The molecule has 1 aromatic carbocycles. The topological polar surface area (TPSA) is 72.8 Å². The molecule has 0 aliphatic carbocycles. The van der Waals surface area contributed by atoms with Gasteiger partial charge in [0, 0.05) is 16.0 Å². The minimum Gasteiger partial charge on any atom is -0.493 e. The third-order valence-corrected chi connectivity index (χ3v) is 4.47. The first-order valence-corrected chi connectivity index (χ1v) is 8.62. The second kappa shape index (κ2) is 9.29. The van der Waals surface area contributed by atoms with Crippen LogP contribution in [0.5, 0.6) is 11.5 Å². The van der Waals surface area contributed by atoms with Crippen LogP contribution in [-0.4, -0.2) is 36.6 Å². The van der Waals surface area contributed by atoms with Crippen molar-refractivity contribution in [2.24, 2.45) is 5.10 Å². The van der Waals surface area contributed by atoms with Crippen LogP contribution < -0.4 is 14.9 Å². The molecular weight excluding hydrogens is 362 g/mol. The Balaban J connectivity index is 1.93. The third kappa shape index (κ3) is 5.65. The van der Waals surface area contributed by atoms with Gasteiger partial charge in [0.1, 0.15) is 0 Å². The fraction of sp³-hybridized carbons (Fsp3) is 0.235. The van der Waals surface area contributed by atoms with Crippen molar-refractivity contribution in [3.63, 3.8) is 0 Å². The van der Waals surface area contributed by atoms with E-state index < -0.39 is 0 Å². The van der Waals surface area contributed by atoms with Gasteiger partial charge >= 0.3 is 0 Å². The number of thioether (sulfide) groups is 1. The van der Waals surface area contributed by atoms with Gasteiger partial charge in [0.15, 0.2) is 11.5 Å². The maximum absolute atomic E-state index is 12.1. The molecule has 1 aromatic heterocycles. The van der Waals surface area contributed by atoms with Crippen LogP contribution in [0.1, 0.15) is 12.6 Å². The van der Waals surface area contributed by atoms with Crippen LogP contribution in [0, 0.1) is 0 Å². The zero-order valence-corrected chi connectivity index (χ0v) is 15.6. The summed E-state index contributed by atoms with van der Waals surface area (Å²) in [5, 5.41) is 4.24. The van der Waals surface area contributed by atoms with E-state index in [0.717, 1.165) is 4.90 Å². The van der Waals surface area contributed by atoms with E-state index in [2.05, 4.69) is 15.5 Å². The van der Waals surface area contributed by atoms with E-state index in [0.29, 0.717) is 22.2 Å². The number of carbonyl (C=O) groups is 1. The van der Waals surface area contributed by atoms with Crippen LogP contribution >= 0.6 is 23.4 Å². The highest BCUT2D eigenvalue weighted by molar-refractivity contribution is 8.00. The SMILES string of the molecule is COc1cnc(/C=N/NC(=O)C(C)Sc2cccc(Cl)c2)cc1OC. The maximum Gasteiger partial charge on any atom is 0.253 e. The Morgan fingerprint density at radius 1 is 1.32 bits per heavy atom. The molecule has 0 aliphatic rings. The number of halogens is 1. The number of pyridine rings is 1. The molecule has 0 fully saturated rings. The fourth-order valence-electron chi connectivity index (χ4n) is 1.87. The summed E-state index contributed by atoms with van der Waals surface area (Å²) >= 11 is 7.34. The molecule has 0 spiro atoms. The Kier molecular flexibility index (Phi) is 7.09. The number of nitrogens with zero attached hydrogens (tertiary/aromatic N) is 2. The van der Waals surface area contributed by atoms with Gasteiger partial charge in [-0.15, -0.1) is 11.8 Å². The van der Waals surface area contributed by atoms with Gasteiger partial charge in [-0.3, -0.25) is 9.78 Å². The van der Waals surface area contributed by atoms with Gasteiger partial charge < -0.3 is 9.47 Å². The molecule has 0 saturated carbocycles. The van der Waals surface area contributed by atoms with Gasteiger partial charge in [0.25, 0.3) is 5.91 Å². The van der Waals surface area contributed by atoms with Crippen molar-refractivity contribution < 1.29 is 14.3 Å². The van der Waals surface area contributed by atoms with Gasteiger partial charge in [-0.1, -0.05) is 17.7 Å². The van der Waals surface area contributed by atoms with E-state index in [-0.39, 0.29) is 11.2 Å². The van der Waals surface area contributed by atoms with E-state index in [1.165, 1.54) is 38.4 Å². The third-order valence-electron chi connectivity index (χ3n) is 3.14. The molecule has 132 valence electrons. The Bertz CT molecular complexity index is 771. The lowest BCUT2D eigenvalue weighted by molar-refractivity contribution is -0.120. The van der Waals surface area contributed by atoms with Crippen molar-refractivity contribution in [1.29, 1.82) is 0 Å². The zero-order valence-electron chi connectivity index (χ0n) is 14.0. The Labute approximate surface area is 155 Å². The predicted molar refractivity (Wildman–Crippen MR) is 99.8 cm³/mol. The molecule has 0 bridgehead atoms. The minimum atomic E-state index is -0.325. The van der Waals surface area contributed by atoms with Crippen molar-refractivity contribution >= 4 is 35.5 Å². The number of benzene rings is 1. The quantitative estimate of drug-likeness (QED) is 0.453. The molecule has 1 amide bonds. The standard InChI is InChI=1S/C17H18ClN3O3S/c1-11(25-14-6-4-5-12(18)7-14)17(22)21-20-9-13-8-15(23-2)16(24-3)10-19-13/h4-11H,1-3H3,(H,21,22)/b20-9+. The van der Waals surface area contributed by atoms with Crippen LogP contribution in [0.2, 0.25) is 5.02 Å². The first-order valence-electron chi connectivity index (χ1n) is 7.36. The molecule has 25 heavy (non-hydrogen) atoms. The normalized spacial score (nSPS) is 12.0. The molecule has 2 rings (SSSR count). The summed E-state index contributed by atoms with van der Waals surface area (Å²) in [6.45, 7) is 1.80. The summed E-state index contributed by atoms with van der Waals surface area (Å²) in [6.07, 6.45) is 2.97. The van der Waals surface area contributed by atoms with Gasteiger partial charge in [-0.05, 0) is 25.1 Å². The fourth-order valence-corrected chi connectivity index (χ4v) is 3.05. The number of rotatable bonds is 7. The van der Waals surface area contributed by atoms with E-state index >= 15 is 0 Å². The Morgan fingerprint density at radius 2 is 2.08 bits per heavy atom. The molecule has 1 heterocycles. The lowest BCUT2D eigenvalue weighted by Gasteiger charge is -2.09. The largest absolute Gasteiger partial charge is 0.493 e. The monoisotopic (exact) mass is 379 g/mol. The number of hydrogen-bond acceptors (Lipinski definition) is 6. The van der Waals surface area contributed by atoms with Crippen LogP contribution in [-0.2, 0) is 4.79 Å². The average molecular weight is 380 g/mol. The number of ether oxygens (including phenoxy) is 2. The summed E-state index contributed by atoms with van der Waals surface area (Å²) in [5.74, 6) is 0.840. The number of hydrogen-bond donors (Lipinski definition) is 1. The number of carbonyl (C=O) groups excluding carboxylic acids is 1. The van der Waals surface area contributed by atoms with Gasteiger partial charge in [-0.25, -0.2) is 5.43 Å². The van der Waals surface area contributed by atoms with Crippen molar-refractivity contribution in [2.75, 3.05) is 14.2 Å². The molecule has 0 saturated heterocycles. The van der Waals surface area contributed by atoms with E-state index in [9.17, 15) is 4.79 Å². The number of hydrazone groups is 1. The van der Waals surface area contributed by atoms with Crippen LogP contribution in [0.25, 0.3) is 0 Å². The second-order valence-corrected chi connectivity index (χ2v) is 6.77. The van der Waals surface area contributed by atoms with Crippen molar-refractivity contribution in [3.05, 3.63) is 47.2 Å². The minimum absolute atomic E-state index is 0.221. The van der Waals surface area contributed by atoms with Crippen LogP contribution in [0.3, 0.4) is 0 Å². The summed E-state index contributed by atoms with van der Waals surface area (Å²) in [5.41, 5.74) is 3.03. The van der Waals surface area contributed by atoms with E-state index in [1.807, 2.05) is 18.2 Å². The molecular formula is C17H18ClN3O3S. The maximum atomic E-state index is 12.1. The lowest BCUT2D eigenvalue weighted by atomic mass is 10.3. The Morgan fingerprint density at radius 3 is 2.76 bits per heavy atom. The first kappa shape index (κ1) is 19.1. The van der Waals surface area contributed by atoms with E-state index in [4.69, 9.17) is 21.1 Å². The summed E-state index contributed by atoms with van der Waals surface area (Å²) in [7, 11) is 3.07. The van der Waals surface area contributed by atoms with Gasteiger partial charge in [0.2, 0.25) is 0 Å². The summed E-state index contributed by atoms with van der Waals surface area (Å²) in [4.78, 5) is 17.2. The first-order chi connectivity index (χ1) is 12.0. The smallest absolute Gasteiger partial charge is 0.253 e. The highest BCUT2D eigenvalue weighted by Crippen LogP contribution is 2.26. The van der Waals surface area contributed by atoms with Crippen LogP contribution in [0.4, 0.5) is 0 Å². The molecule has 2 aromatic rings. The number of amides is 1. The predicted octanol–water partition coefficient (Wildman–Crippen LogP) is 3.38. The molecule has 6 nitrogen and oxygen atoms in total. The van der Waals surface area contributed by atoms with Gasteiger partial charge in [0.05, 0.1) is 37.6 Å². The molecule has 8 heteroatoms. The highest BCUT2D eigenvalue weighted by atomic mass is 35.5. The van der Waals surface area contributed by atoms with Gasteiger partial charge in [-0.2, -0.15) is 5.10 Å².